The van der Waals surface area contributed by atoms with Crippen LogP contribution in [0.25, 0.3) is 0 Å². The zero-order chi connectivity index (χ0) is 18.9. The molecule has 0 unspecified atom stereocenters. The molecule has 3 rings (SSSR count). The van der Waals surface area contributed by atoms with E-state index in [-0.39, 0.29) is 29.1 Å². The molecule has 2 aliphatic heterocycles. The predicted octanol–water partition coefficient (Wildman–Crippen LogP) is 1.93. The van der Waals surface area contributed by atoms with Gasteiger partial charge in [-0.15, -0.1) is 0 Å². The van der Waals surface area contributed by atoms with E-state index in [1.807, 2.05) is 52.3 Å². The summed E-state index contributed by atoms with van der Waals surface area (Å²) in [6.07, 6.45) is 0.399. The third kappa shape index (κ3) is 3.63. The number of amides is 3. The molecule has 0 saturated carbocycles. The van der Waals surface area contributed by atoms with Crippen molar-refractivity contribution in [1.82, 2.24) is 14.7 Å². The van der Waals surface area contributed by atoms with Crippen LogP contribution in [-0.4, -0.2) is 71.7 Å². The first-order chi connectivity index (χ1) is 12.3. The average molecular weight is 378 g/mol. The molecule has 3 heterocycles. The van der Waals surface area contributed by atoms with Gasteiger partial charge in [-0.1, -0.05) is 13.8 Å². The average Bonchev–Trinajstić information content (AvgIpc) is 3.19. The van der Waals surface area contributed by atoms with Crippen molar-refractivity contribution >= 4 is 29.1 Å². The quantitative estimate of drug-likeness (QED) is 0.809. The van der Waals surface area contributed by atoms with Crippen molar-refractivity contribution in [2.45, 2.75) is 27.2 Å². The molecule has 3 amide bonds. The van der Waals surface area contributed by atoms with Gasteiger partial charge in [0.1, 0.15) is 0 Å². The van der Waals surface area contributed by atoms with Crippen LogP contribution in [0, 0.1) is 11.3 Å². The van der Waals surface area contributed by atoms with Gasteiger partial charge in [0, 0.05) is 62.4 Å². The highest BCUT2D eigenvalue weighted by Gasteiger charge is 2.47. The minimum absolute atomic E-state index is 0.00753. The van der Waals surface area contributed by atoms with E-state index in [0.717, 1.165) is 0 Å². The van der Waals surface area contributed by atoms with Crippen LogP contribution in [0.4, 0.5) is 0 Å². The van der Waals surface area contributed by atoms with Crippen LogP contribution in [0.15, 0.2) is 16.8 Å². The monoisotopic (exact) mass is 377 g/mol. The first-order valence-corrected chi connectivity index (χ1v) is 10.2. The molecule has 142 valence electrons. The fraction of sp³-hybridized carbons (Fsp3) is 0.632. The van der Waals surface area contributed by atoms with E-state index in [1.54, 1.807) is 0 Å². The molecular weight excluding hydrogens is 350 g/mol. The summed E-state index contributed by atoms with van der Waals surface area (Å²) < 4.78 is 0. The molecule has 7 heteroatoms. The molecule has 6 nitrogen and oxygen atoms in total. The van der Waals surface area contributed by atoms with Crippen LogP contribution in [0.5, 0.6) is 0 Å². The van der Waals surface area contributed by atoms with Gasteiger partial charge in [0.2, 0.25) is 11.8 Å². The summed E-state index contributed by atoms with van der Waals surface area (Å²) in [5, 5.41) is 3.75. The van der Waals surface area contributed by atoms with Crippen LogP contribution in [-0.2, 0) is 9.59 Å². The van der Waals surface area contributed by atoms with Crippen molar-refractivity contribution in [3.8, 4) is 0 Å². The van der Waals surface area contributed by atoms with E-state index in [4.69, 9.17) is 0 Å². The zero-order valence-electron chi connectivity index (χ0n) is 15.7. The number of rotatable bonds is 3. The zero-order valence-corrected chi connectivity index (χ0v) is 16.6. The summed E-state index contributed by atoms with van der Waals surface area (Å²) in [6.45, 7) is 9.13. The normalized spacial score (nSPS) is 23.8. The number of nitrogens with zero attached hydrogens (tertiary/aromatic N) is 3. The molecule has 2 fully saturated rings. The van der Waals surface area contributed by atoms with Gasteiger partial charge in [0.05, 0.1) is 5.56 Å². The largest absolute Gasteiger partial charge is 0.342 e. The van der Waals surface area contributed by atoms with Gasteiger partial charge in [0.15, 0.2) is 0 Å². The van der Waals surface area contributed by atoms with Crippen molar-refractivity contribution in [1.29, 1.82) is 0 Å². The standard InChI is InChI=1S/C19H27N3O3S/c1-4-20-11-19(9-16(20)23)12-21(17(24)14(2)3)6-7-22(13-19)18(25)15-5-8-26-10-15/h5,8,10,14H,4,6-7,9,11-13H2,1-3H3/t19-/m0/s1. The Morgan fingerprint density at radius 3 is 2.46 bits per heavy atom. The summed E-state index contributed by atoms with van der Waals surface area (Å²) in [6, 6.07) is 1.83. The molecule has 2 aliphatic rings. The predicted molar refractivity (Wildman–Crippen MR) is 101 cm³/mol. The van der Waals surface area contributed by atoms with Gasteiger partial charge in [-0.2, -0.15) is 11.3 Å². The fourth-order valence-electron chi connectivity index (χ4n) is 4.04. The Morgan fingerprint density at radius 2 is 1.88 bits per heavy atom. The van der Waals surface area contributed by atoms with Crippen molar-refractivity contribution in [2.75, 3.05) is 39.3 Å². The fourth-order valence-corrected chi connectivity index (χ4v) is 4.67. The Labute approximate surface area is 158 Å². The van der Waals surface area contributed by atoms with Gasteiger partial charge in [-0.25, -0.2) is 0 Å². The Hall–Kier alpha value is -1.89. The third-order valence-corrected chi connectivity index (χ3v) is 6.02. The van der Waals surface area contributed by atoms with Gasteiger partial charge >= 0.3 is 0 Å². The van der Waals surface area contributed by atoms with E-state index < -0.39 is 0 Å². The topological polar surface area (TPSA) is 60.9 Å². The van der Waals surface area contributed by atoms with Crippen LogP contribution in [0.2, 0.25) is 0 Å². The van der Waals surface area contributed by atoms with Crippen molar-refractivity contribution in [2.24, 2.45) is 11.3 Å². The molecule has 0 bridgehead atoms. The summed E-state index contributed by atoms with van der Waals surface area (Å²) in [7, 11) is 0. The maximum atomic E-state index is 12.9. The number of thiophene rings is 1. The molecule has 2 saturated heterocycles. The minimum atomic E-state index is -0.375. The first-order valence-electron chi connectivity index (χ1n) is 9.23. The second kappa shape index (κ2) is 7.39. The second-order valence-electron chi connectivity index (χ2n) is 7.74. The first kappa shape index (κ1) is 18.9. The maximum Gasteiger partial charge on any atom is 0.254 e. The van der Waals surface area contributed by atoms with E-state index >= 15 is 0 Å². The number of carbonyl (C=O) groups is 3. The van der Waals surface area contributed by atoms with E-state index in [0.29, 0.717) is 51.3 Å². The van der Waals surface area contributed by atoms with Crippen LogP contribution < -0.4 is 0 Å². The van der Waals surface area contributed by atoms with Crippen LogP contribution >= 0.6 is 11.3 Å². The summed E-state index contributed by atoms with van der Waals surface area (Å²) in [4.78, 5) is 43.5. The lowest BCUT2D eigenvalue weighted by molar-refractivity contribution is -0.135. The number of carbonyl (C=O) groups excluding carboxylic acids is 3. The molecule has 0 aromatic carbocycles. The van der Waals surface area contributed by atoms with Gasteiger partial charge in [-0.05, 0) is 18.4 Å². The summed E-state index contributed by atoms with van der Waals surface area (Å²) in [5.41, 5.74) is 0.310. The molecule has 1 atom stereocenters. The minimum Gasteiger partial charge on any atom is -0.342 e. The number of hydrogen-bond donors (Lipinski definition) is 0. The smallest absolute Gasteiger partial charge is 0.254 e. The van der Waals surface area contributed by atoms with Crippen molar-refractivity contribution < 1.29 is 14.4 Å². The molecule has 0 aliphatic carbocycles. The number of hydrogen-bond acceptors (Lipinski definition) is 4. The lowest BCUT2D eigenvalue weighted by Gasteiger charge is -2.34. The third-order valence-electron chi connectivity index (χ3n) is 5.34. The number of likely N-dealkylation sites (tertiary alicyclic amines) is 1. The SMILES string of the molecule is CCN1C[C@]2(CC1=O)CN(C(=O)c1ccsc1)CCN(C(=O)C(C)C)C2. The molecular formula is C19H27N3O3S. The summed E-state index contributed by atoms with van der Waals surface area (Å²) in [5.74, 6) is 0.114. The van der Waals surface area contributed by atoms with E-state index in [9.17, 15) is 14.4 Å². The Bertz CT molecular complexity index is 688. The molecule has 1 spiro atoms. The molecule has 0 radical (unpaired) electrons. The van der Waals surface area contributed by atoms with Gasteiger partial charge in [0.25, 0.3) is 5.91 Å². The molecule has 1 aromatic rings. The van der Waals surface area contributed by atoms with Crippen molar-refractivity contribution in [3.63, 3.8) is 0 Å². The van der Waals surface area contributed by atoms with E-state index in [1.165, 1.54) is 11.3 Å². The highest BCUT2D eigenvalue weighted by atomic mass is 32.1. The lowest BCUT2D eigenvalue weighted by atomic mass is 9.85. The lowest BCUT2D eigenvalue weighted by Crippen LogP contribution is -2.46. The second-order valence-corrected chi connectivity index (χ2v) is 8.52. The maximum absolute atomic E-state index is 12.9. The molecule has 0 N–H and O–H groups in total. The molecule has 1 aromatic heterocycles. The van der Waals surface area contributed by atoms with Crippen LogP contribution in [0.3, 0.4) is 0 Å². The molecule has 26 heavy (non-hydrogen) atoms. The van der Waals surface area contributed by atoms with E-state index in [2.05, 4.69) is 0 Å². The summed E-state index contributed by atoms with van der Waals surface area (Å²) >= 11 is 1.50. The highest BCUT2D eigenvalue weighted by Crippen LogP contribution is 2.35. The van der Waals surface area contributed by atoms with Gasteiger partial charge < -0.3 is 14.7 Å². The van der Waals surface area contributed by atoms with Crippen LogP contribution in [0.1, 0.15) is 37.6 Å². The highest BCUT2D eigenvalue weighted by molar-refractivity contribution is 7.08. The Kier molecular flexibility index (Phi) is 5.37. The van der Waals surface area contributed by atoms with Gasteiger partial charge in [-0.3, -0.25) is 14.4 Å². The van der Waals surface area contributed by atoms with Crippen molar-refractivity contribution in [3.05, 3.63) is 22.4 Å². The Morgan fingerprint density at radius 1 is 1.19 bits per heavy atom. The Balaban J connectivity index is 1.88.